The molecule has 4 heteroatoms. The van der Waals surface area contributed by atoms with Gasteiger partial charge in [-0.25, -0.2) is 4.79 Å². The summed E-state index contributed by atoms with van der Waals surface area (Å²) in [4.78, 5) is 26.7. The van der Waals surface area contributed by atoms with E-state index in [1.54, 1.807) is 30.3 Å². The molecule has 0 unspecified atom stereocenters. The number of aromatic nitrogens is 1. The van der Waals surface area contributed by atoms with Crippen molar-refractivity contribution in [2.45, 2.75) is 0 Å². The molecule has 0 radical (unpaired) electrons. The summed E-state index contributed by atoms with van der Waals surface area (Å²) in [6.45, 7) is -0.263. The number of carbonyl (C=O) groups excluding carboxylic acids is 2. The van der Waals surface area contributed by atoms with Gasteiger partial charge >= 0.3 is 5.97 Å². The minimum absolute atomic E-state index is 0.223. The molecule has 0 saturated carbocycles. The summed E-state index contributed by atoms with van der Waals surface area (Å²) in [5.41, 5.74) is 2.42. The molecule has 0 aliphatic rings. The van der Waals surface area contributed by atoms with Gasteiger partial charge in [0.15, 0.2) is 12.4 Å². The lowest BCUT2D eigenvalue weighted by Gasteiger charge is -2.01. The molecule has 0 spiro atoms. The van der Waals surface area contributed by atoms with Crippen molar-refractivity contribution >= 4 is 28.7 Å². The Bertz CT molecular complexity index is 862. The van der Waals surface area contributed by atoms with E-state index >= 15 is 0 Å². The second-order valence-electron chi connectivity index (χ2n) is 5.02. The molecule has 0 fully saturated rings. The molecule has 1 aromatic heterocycles. The van der Waals surface area contributed by atoms with Crippen LogP contribution in [0.25, 0.3) is 17.0 Å². The number of nitrogens with one attached hydrogen (secondary N) is 1. The fourth-order valence-electron chi connectivity index (χ4n) is 2.28. The van der Waals surface area contributed by atoms with Gasteiger partial charge in [-0.2, -0.15) is 0 Å². The van der Waals surface area contributed by atoms with Gasteiger partial charge in [-0.3, -0.25) is 4.79 Å². The van der Waals surface area contributed by atoms with Crippen molar-refractivity contribution in [3.8, 4) is 0 Å². The summed E-state index contributed by atoms with van der Waals surface area (Å²) in [6.07, 6.45) is 4.83. The van der Waals surface area contributed by atoms with Gasteiger partial charge in [0.2, 0.25) is 0 Å². The van der Waals surface area contributed by atoms with Gasteiger partial charge in [0.25, 0.3) is 0 Å². The van der Waals surface area contributed by atoms with Crippen LogP contribution in [0.3, 0.4) is 0 Å². The van der Waals surface area contributed by atoms with E-state index in [-0.39, 0.29) is 12.4 Å². The fourth-order valence-corrected chi connectivity index (χ4v) is 2.28. The molecule has 3 aromatic rings. The molecule has 4 nitrogen and oxygen atoms in total. The fraction of sp³-hybridized carbons (Fsp3) is 0.0526. The van der Waals surface area contributed by atoms with Gasteiger partial charge < -0.3 is 9.72 Å². The first-order valence-electron chi connectivity index (χ1n) is 7.23. The number of aromatic amines is 1. The average molecular weight is 305 g/mol. The summed E-state index contributed by atoms with van der Waals surface area (Å²) in [7, 11) is 0. The van der Waals surface area contributed by atoms with E-state index in [0.717, 1.165) is 16.5 Å². The molecule has 23 heavy (non-hydrogen) atoms. The molecule has 0 amide bonds. The van der Waals surface area contributed by atoms with Crippen molar-refractivity contribution in [3.05, 3.63) is 78.0 Å². The smallest absolute Gasteiger partial charge is 0.331 e. The molecule has 114 valence electrons. The maximum absolute atomic E-state index is 11.9. The van der Waals surface area contributed by atoms with Gasteiger partial charge in [0, 0.05) is 34.3 Å². The van der Waals surface area contributed by atoms with Crippen molar-refractivity contribution in [1.82, 2.24) is 4.98 Å². The SMILES string of the molecule is O=C(C=Cc1c[nH]c2ccccc12)OCC(=O)c1ccccc1. The number of carbonyl (C=O) groups is 2. The Morgan fingerprint density at radius 3 is 2.57 bits per heavy atom. The number of para-hydroxylation sites is 1. The number of fused-ring (bicyclic) bond motifs is 1. The van der Waals surface area contributed by atoms with Gasteiger partial charge in [-0.05, 0) is 12.1 Å². The highest BCUT2D eigenvalue weighted by molar-refractivity contribution is 5.99. The Kier molecular flexibility index (Phi) is 4.34. The first-order chi connectivity index (χ1) is 11.2. The topological polar surface area (TPSA) is 59.2 Å². The van der Waals surface area contributed by atoms with Gasteiger partial charge in [0.1, 0.15) is 0 Å². The van der Waals surface area contributed by atoms with E-state index in [1.165, 1.54) is 6.08 Å². The summed E-state index contributed by atoms with van der Waals surface area (Å²) in [6, 6.07) is 16.6. The lowest BCUT2D eigenvalue weighted by molar-refractivity contribution is -0.136. The molecule has 0 bridgehead atoms. The van der Waals surface area contributed by atoms with Crippen LogP contribution < -0.4 is 0 Å². The zero-order valence-electron chi connectivity index (χ0n) is 12.4. The predicted octanol–water partition coefficient (Wildman–Crippen LogP) is 3.61. The number of hydrogen-bond donors (Lipinski definition) is 1. The highest BCUT2D eigenvalue weighted by Crippen LogP contribution is 2.18. The minimum atomic E-state index is -0.542. The lowest BCUT2D eigenvalue weighted by Crippen LogP contribution is -2.12. The number of rotatable bonds is 5. The summed E-state index contributed by atoms with van der Waals surface area (Å²) >= 11 is 0. The maximum Gasteiger partial charge on any atom is 0.331 e. The van der Waals surface area contributed by atoms with Crippen molar-refractivity contribution in [2.24, 2.45) is 0 Å². The van der Waals surface area contributed by atoms with Crippen LogP contribution in [-0.4, -0.2) is 23.3 Å². The molecule has 2 aromatic carbocycles. The highest BCUT2D eigenvalue weighted by atomic mass is 16.5. The second-order valence-corrected chi connectivity index (χ2v) is 5.02. The Balaban J connectivity index is 1.60. The third kappa shape index (κ3) is 3.55. The van der Waals surface area contributed by atoms with Crippen LogP contribution in [0.5, 0.6) is 0 Å². The average Bonchev–Trinajstić information content (AvgIpc) is 3.02. The highest BCUT2D eigenvalue weighted by Gasteiger charge is 2.07. The van der Waals surface area contributed by atoms with Crippen molar-refractivity contribution in [1.29, 1.82) is 0 Å². The third-order valence-electron chi connectivity index (χ3n) is 3.46. The standard InChI is InChI=1S/C19H15NO3/c21-18(14-6-2-1-3-7-14)13-23-19(22)11-10-15-12-20-17-9-5-4-8-16(15)17/h1-12,20H,13H2. The monoisotopic (exact) mass is 305 g/mol. The van der Waals surface area contributed by atoms with E-state index < -0.39 is 5.97 Å². The number of H-pyrrole nitrogens is 1. The van der Waals surface area contributed by atoms with Crippen LogP contribution in [0.4, 0.5) is 0 Å². The lowest BCUT2D eigenvalue weighted by atomic mass is 10.1. The number of ketones is 1. The largest absolute Gasteiger partial charge is 0.454 e. The Labute approximate surface area is 133 Å². The van der Waals surface area contributed by atoms with E-state index in [9.17, 15) is 9.59 Å². The van der Waals surface area contributed by atoms with Crippen LogP contribution >= 0.6 is 0 Å². The van der Waals surface area contributed by atoms with E-state index in [4.69, 9.17) is 4.74 Å². The minimum Gasteiger partial charge on any atom is -0.454 e. The zero-order chi connectivity index (χ0) is 16.1. The Hall–Kier alpha value is -3.14. The second kappa shape index (κ2) is 6.75. The van der Waals surface area contributed by atoms with Crippen LogP contribution in [-0.2, 0) is 9.53 Å². The predicted molar refractivity (Wildman–Crippen MR) is 89.1 cm³/mol. The first-order valence-corrected chi connectivity index (χ1v) is 7.23. The molecular formula is C19H15NO3. The molecule has 0 aliphatic carbocycles. The Morgan fingerprint density at radius 2 is 1.74 bits per heavy atom. The van der Waals surface area contributed by atoms with Gasteiger partial charge in [0.05, 0.1) is 0 Å². The summed E-state index contributed by atoms with van der Waals surface area (Å²) in [5, 5.41) is 1.02. The number of esters is 1. The Morgan fingerprint density at radius 1 is 1.00 bits per heavy atom. The molecule has 0 saturated heterocycles. The van der Waals surface area contributed by atoms with E-state index in [0.29, 0.717) is 5.56 Å². The van der Waals surface area contributed by atoms with Gasteiger partial charge in [-0.15, -0.1) is 0 Å². The zero-order valence-corrected chi connectivity index (χ0v) is 12.4. The van der Waals surface area contributed by atoms with E-state index in [2.05, 4.69) is 4.98 Å². The molecule has 0 aliphatic heterocycles. The van der Waals surface area contributed by atoms with Crippen LogP contribution in [0.15, 0.2) is 66.9 Å². The number of benzene rings is 2. The quantitative estimate of drug-likeness (QED) is 0.445. The van der Waals surface area contributed by atoms with Crippen molar-refractivity contribution in [3.63, 3.8) is 0 Å². The number of Topliss-reactive ketones (excluding diaryl/α,β-unsaturated/α-hetero) is 1. The van der Waals surface area contributed by atoms with Crippen LogP contribution in [0.1, 0.15) is 15.9 Å². The first kappa shape index (κ1) is 14.8. The molecule has 0 atom stereocenters. The summed E-state index contributed by atoms with van der Waals surface area (Å²) < 4.78 is 4.98. The molecule has 1 N–H and O–H groups in total. The molecule has 1 heterocycles. The number of hydrogen-bond acceptors (Lipinski definition) is 3. The number of ether oxygens (including phenoxy) is 1. The van der Waals surface area contributed by atoms with E-state index in [1.807, 2.05) is 36.5 Å². The third-order valence-corrected chi connectivity index (χ3v) is 3.46. The van der Waals surface area contributed by atoms with Gasteiger partial charge in [-0.1, -0.05) is 48.5 Å². The van der Waals surface area contributed by atoms with Crippen LogP contribution in [0.2, 0.25) is 0 Å². The normalized spacial score (nSPS) is 11.0. The molecular weight excluding hydrogens is 290 g/mol. The van der Waals surface area contributed by atoms with Crippen molar-refractivity contribution < 1.29 is 14.3 Å². The molecule has 3 rings (SSSR count). The maximum atomic E-state index is 11.9. The van der Waals surface area contributed by atoms with Crippen molar-refractivity contribution in [2.75, 3.05) is 6.61 Å². The van der Waals surface area contributed by atoms with Crippen LogP contribution in [0, 0.1) is 0 Å². The summed E-state index contributed by atoms with van der Waals surface area (Å²) in [5.74, 6) is -0.765.